The molecule has 0 spiro atoms. The summed E-state index contributed by atoms with van der Waals surface area (Å²) in [5, 5.41) is 0. The summed E-state index contributed by atoms with van der Waals surface area (Å²) in [6, 6.07) is 3.20. The van der Waals surface area contributed by atoms with E-state index in [-0.39, 0.29) is 23.0 Å². The van der Waals surface area contributed by atoms with Crippen LogP contribution in [0.4, 0.5) is 0 Å². The molecule has 0 aliphatic heterocycles. The van der Waals surface area contributed by atoms with Gasteiger partial charge in [0.05, 0.1) is 12.7 Å². The number of rotatable bonds is 1. The van der Waals surface area contributed by atoms with Crippen LogP contribution in [0.3, 0.4) is 0 Å². The molecule has 4 heteroatoms. The van der Waals surface area contributed by atoms with Gasteiger partial charge in [0.15, 0.2) is 5.76 Å². The van der Waals surface area contributed by atoms with Crippen molar-refractivity contribution in [3.8, 4) is 0 Å². The van der Waals surface area contributed by atoms with Crippen LogP contribution in [0.15, 0.2) is 29.7 Å². The van der Waals surface area contributed by atoms with Crippen molar-refractivity contribution >= 4 is 11.6 Å². The highest BCUT2D eigenvalue weighted by Gasteiger charge is 2.31. The summed E-state index contributed by atoms with van der Waals surface area (Å²) in [6.45, 7) is 1.57. The molecule has 0 amide bonds. The third-order valence-corrected chi connectivity index (χ3v) is 2.36. The molecular weight excluding hydrogens is 194 g/mol. The van der Waals surface area contributed by atoms with Crippen LogP contribution >= 0.6 is 0 Å². The Morgan fingerprint density at radius 1 is 1.27 bits per heavy atom. The standard InChI is InChI=1S/C11H9NO3/c1-6-9(13)8-7(4-3-5-12-8)10(14)11(6)15-2/h3-5H,1-2H3. The van der Waals surface area contributed by atoms with E-state index in [2.05, 4.69) is 4.98 Å². The van der Waals surface area contributed by atoms with Crippen molar-refractivity contribution in [3.05, 3.63) is 40.9 Å². The molecule has 76 valence electrons. The first-order chi connectivity index (χ1) is 7.16. The van der Waals surface area contributed by atoms with Crippen LogP contribution < -0.4 is 0 Å². The third-order valence-electron chi connectivity index (χ3n) is 2.36. The number of carbonyl (C=O) groups excluding carboxylic acids is 2. The van der Waals surface area contributed by atoms with Crippen molar-refractivity contribution in [1.29, 1.82) is 0 Å². The molecule has 4 nitrogen and oxygen atoms in total. The number of carbonyl (C=O) groups is 2. The lowest BCUT2D eigenvalue weighted by molar-refractivity contribution is 0.0903. The molecule has 0 unspecified atom stereocenters. The van der Waals surface area contributed by atoms with Gasteiger partial charge in [-0.25, -0.2) is 0 Å². The number of allylic oxidation sites excluding steroid dienone is 2. The number of hydrogen-bond acceptors (Lipinski definition) is 4. The highest BCUT2D eigenvalue weighted by molar-refractivity contribution is 6.25. The Morgan fingerprint density at radius 3 is 2.67 bits per heavy atom. The Morgan fingerprint density at radius 2 is 2.00 bits per heavy atom. The molecule has 1 aromatic rings. The quantitative estimate of drug-likeness (QED) is 0.691. The Balaban J connectivity index is 2.68. The van der Waals surface area contributed by atoms with E-state index >= 15 is 0 Å². The number of pyridine rings is 1. The first-order valence-electron chi connectivity index (χ1n) is 4.46. The number of hydrogen-bond donors (Lipinski definition) is 0. The van der Waals surface area contributed by atoms with Gasteiger partial charge < -0.3 is 4.74 Å². The maximum absolute atomic E-state index is 11.8. The molecule has 0 aromatic carbocycles. The molecule has 0 bridgehead atoms. The molecule has 0 atom stereocenters. The van der Waals surface area contributed by atoms with Gasteiger partial charge in [0, 0.05) is 11.8 Å². The maximum atomic E-state index is 11.8. The molecule has 1 aromatic heterocycles. The third kappa shape index (κ3) is 1.26. The fourth-order valence-corrected chi connectivity index (χ4v) is 1.59. The predicted molar refractivity (Wildman–Crippen MR) is 52.6 cm³/mol. The number of aromatic nitrogens is 1. The molecule has 0 radical (unpaired) electrons. The van der Waals surface area contributed by atoms with Gasteiger partial charge in [0.1, 0.15) is 5.69 Å². The first kappa shape index (κ1) is 9.58. The lowest BCUT2D eigenvalue weighted by Gasteiger charge is -2.16. The van der Waals surface area contributed by atoms with E-state index in [4.69, 9.17) is 4.74 Å². The van der Waals surface area contributed by atoms with Gasteiger partial charge in [-0.2, -0.15) is 0 Å². The monoisotopic (exact) mass is 203 g/mol. The SMILES string of the molecule is COC1=C(C)C(=O)c2ncccc2C1=O. The lowest BCUT2D eigenvalue weighted by Crippen LogP contribution is -2.22. The van der Waals surface area contributed by atoms with Gasteiger partial charge in [-0.1, -0.05) is 0 Å². The second-order valence-corrected chi connectivity index (χ2v) is 3.22. The van der Waals surface area contributed by atoms with Crippen molar-refractivity contribution in [1.82, 2.24) is 4.98 Å². The second kappa shape index (κ2) is 3.31. The smallest absolute Gasteiger partial charge is 0.230 e. The average Bonchev–Trinajstić information content (AvgIpc) is 2.27. The van der Waals surface area contributed by atoms with Gasteiger partial charge in [-0.15, -0.1) is 0 Å². The number of fused-ring (bicyclic) bond motifs is 1. The highest BCUT2D eigenvalue weighted by atomic mass is 16.5. The van der Waals surface area contributed by atoms with E-state index in [9.17, 15) is 9.59 Å². The summed E-state index contributed by atoms with van der Waals surface area (Å²) in [4.78, 5) is 27.5. The second-order valence-electron chi connectivity index (χ2n) is 3.22. The van der Waals surface area contributed by atoms with E-state index < -0.39 is 0 Å². The Labute approximate surface area is 86.6 Å². The van der Waals surface area contributed by atoms with Gasteiger partial charge >= 0.3 is 0 Å². The van der Waals surface area contributed by atoms with E-state index in [1.807, 2.05) is 0 Å². The Kier molecular flexibility index (Phi) is 2.11. The van der Waals surface area contributed by atoms with Crippen molar-refractivity contribution in [2.75, 3.05) is 7.11 Å². The molecule has 2 rings (SSSR count). The van der Waals surface area contributed by atoms with Gasteiger partial charge in [0.25, 0.3) is 0 Å². The minimum Gasteiger partial charge on any atom is -0.492 e. The van der Waals surface area contributed by atoms with Crippen LogP contribution in [0.25, 0.3) is 0 Å². The molecule has 0 fully saturated rings. The first-order valence-corrected chi connectivity index (χ1v) is 4.46. The number of nitrogens with zero attached hydrogens (tertiary/aromatic N) is 1. The van der Waals surface area contributed by atoms with Gasteiger partial charge in [-0.05, 0) is 19.1 Å². The summed E-state index contributed by atoms with van der Waals surface area (Å²) >= 11 is 0. The van der Waals surface area contributed by atoms with Crippen molar-refractivity contribution in [3.63, 3.8) is 0 Å². The largest absolute Gasteiger partial charge is 0.492 e. The normalized spacial score (nSPS) is 15.3. The fraction of sp³-hybridized carbons (Fsp3) is 0.182. The number of Topliss-reactive ketones (excluding diaryl/α,β-unsaturated/α-hetero) is 2. The zero-order valence-electron chi connectivity index (χ0n) is 8.40. The summed E-state index contributed by atoms with van der Waals surface area (Å²) in [7, 11) is 1.38. The molecule has 1 aliphatic rings. The van der Waals surface area contributed by atoms with Crippen molar-refractivity contribution < 1.29 is 14.3 Å². The minimum absolute atomic E-state index is 0.112. The summed E-state index contributed by atoms with van der Waals surface area (Å²) in [5.74, 6) is -0.416. The molecule has 1 aliphatic carbocycles. The molecule has 1 heterocycles. The van der Waals surface area contributed by atoms with Crippen LogP contribution in [-0.4, -0.2) is 23.7 Å². The topological polar surface area (TPSA) is 56.3 Å². The summed E-state index contributed by atoms with van der Waals surface area (Å²) in [6.07, 6.45) is 1.50. The fourth-order valence-electron chi connectivity index (χ4n) is 1.59. The highest BCUT2D eigenvalue weighted by Crippen LogP contribution is 2.24. The summed E-state index contributed by atoms with van der Waals surface area (Å²) < 4.78 is 4.92. The molecule has 0 saturated heterocycles. The minimum atomic E-state index is -0.280. The van der Waals surface area contributed by atoms with Crippen LogP contribution in [0.2, 0.25) is 0 Å². The number of ketones is 2. The summed E-state index contributed by atoms with van der Waals surface area (Å²) in [5.41, 5.74) is 0.833. The molecular formula is C11H9NO3. The lowest BCUT2D eigenvalue weighted by atomic mass is 9.93. The zero-order chi connectivity index (χ0) is 11.0. The molecule has 0 N–H and O–H groups in total. The number of ether oxygens (including phenoxy) is 1. The average molecular weight is 203 g/mol. The van der Waals surface area contributed by atoms with E-state index in [0.29, 0.717) is 11.1 Å². The molecule has 0 saturated carbocycles. The Bertz CT molecular complexity index is 488. The van der Waals surface area contributed by atoms with Gasteiger partial charge in [0.2, 0.25) is 11.6 Å². The number of methoxy groups -OCH3 is 1. The Hall–Kier alpha value is -1.97. The molecule has 15 heavy (non-hydrogen) atoms. The van der Waals surface area contributed by atoms with E-state index in [0.717, 1.165) is 0 Å². The van der Waals surface area contributed by atoms with Gasteiger partial charge in [-0.3, -0.25) is 14.6 Å². The zero-order valence-corrected chi connectivity index (χ0v) is 8.40. The maximum Gasteiger partial charge on any atom is 0.230 e. The van der Waals surface area contributed by atoms with E-state index in [1.165, 1.54) is 13.3 Å². The van der Waals surface area contributed by atoms with Crippen LogP contribution in [-0.2, 0) is 4.74 Å². The van der Waals surface area contributed by atoms with Crippen LogP contribution in [0.5, 0.6) is 0 Å². The van der Waals surface area contributed by atoms with Crippen LogP contribution in [0, 0.1) is 0 Å². The van der Waals surface area contributed by atoms with Crippen molar-refractivity contribution in [2.24, 2.45) is 0 Å². The van der Waals surface area contributed by atoms with Crippen molar-refractivity contribution in [2.45, 2.75) is 6.92 Å². The predicted octanol–water partition coefficient (Wildman–Crippen LogP) is 1.38. The van der Waals surface area contributed by atoms with Crippen LogP contribution in [0.1, 0.15) is 27.8 Å². The van der Waals surface area contributed by atoms with E-state index in [1.54, 1.807) is 19.1 Å².